The van der Waals surface area contributed by atoms with Crippen molar-refractivity contribution >= 4 is 27.5 Å². The fraction of sp³-hybridized carbons (Fsp3) is 0.556. The monoisotopic (exact) mass is 396 g/mol. The number of rotatable bonds is 8. The average Bonchev–Trinajstić information content (AvgIpc) is 2.67. The fourth-order valence-corrected chi connectivity index (χ4v) is 4.73. The van der Waals surface area contributed by atoms with Crippen molar-refractivity contribution in [3.63, 3.8) is 0 Å². The molecular weight excluding hydrogens is 368 g/mol. The van der Waals surface area contributed by atoms with Gasteiger partial charge in [0.1, 0.15) is 0 Å². The molecule has 27 heavy (non-hydrogen) atoms. The quantitative estimate of drug-likeness (QED) is 0.606. The first kappa shape index (κ1) is 21.3. The number of hydrogen-bond acceptors (Lipinski definition) is 5. The first-order chi connectivity index (χ1) is 12.9. The Hall–Kier alpha value is -1.97. The van der Waals surface area contributed by atoms with Gasteiger partial charge < -0.3 is 16.4 Å². The summed E-state index contributed by atoms with van der Waals surface area (Å²) in [6.07, 6.45) is 2.99. The van der Waals surface area contributed by atoms with Gasteiger partial charge in [0.05, 0.1) is 4.90 Å². The van der Waals surface area contributed by atoms with E-state index in [9.17, 15) is 18.0 Å². The Morgan fingerprint density at radius 2 is 1.89 bits per heavy atom. The number of nitrogens with zero attached hydrogens (tertiary/aromatic N) is 1. The molecule has 1 aromatic carbocycles. The number of carbonyl (C=O) groups excluding carboxylic acids is 2. The molecule has 0 radical (unpaired) electrons. The van der Waals surface area contributed by atoms with Crippen LogP contribution in [0.4, 0.5) is 5.69 Å². The number of nitrogens with one attached hydrogen (secondary N) is 2. The number of hydrogen-bond donors (Lipinski definition) is 3. The summed E-state index contributed by atoms with van der Waals surface area (Å²) in [7, 11) is -3.68. The predicted octanol–water partition coefficient (Wildman–Crippen LogP) is 1.04. The minimum absolute atomic E-state index is 0.130. The van der Waals surface area contributed by atoms with Gasteiger partial charge in [-0.15, -0.1) is 0 Å². The van der Waals surface area contributed by atoms with Gasteiger partial charge in [0, 0.05) is 44.2 Å². The molecule has 0 spiro atoms. The molecule has 0 aliphatic carbocycles. The Balaban J connectivity index is 2.12. The lowest BCUT2D eigenvalue weighted by atomic mass is 10.1. The van der Waals surface area contributed by atoms with Crippen molar-refractivity contribution in [1.82, 2.24) is 9.62 Å². The molecule has 1 aliphatic heterocycles. The van der Waals surface area contributed by atoms with Gasteiger partial charge in [0.2, 0.25) is 21.8 Å². The highest BCUT2D eigenvalue weighted by Crippen LogP contribution is 2.26. The SMILES string of the molecule is CCC(=O)Nc1ccc(S(=O)(=O)N2CCCCC2CNC(=O)CCN)cc1. The van der Waals surface area contributed by atoms with Crippen LogP contribution in [-0.2, 0) is 19.6 Å². The number of sulfonamides is 1. The van der Waals surface area contributed by atoms with Crippen LogP contribution in [0, 0.1) is 0 Å². The van der Waals surface area contributed by atoms with E-state index < -0.39 is 10.0 Å². The normalized spacial score (nSPS) is 18.1. The Morgan fingerprint density at radius 3 is 2.52 bits per heavy atom. The molecule has 2 amide bonds. The molecule has 1 unspecified atom stereocenters. The van der Waals surface area contributed by atoms with Crippen molar-refractivity contribution < 1.29 is 18.0 Å². The van der Waals surface area contributed by atoms with Gasteiger partial charge in [0.25, 0.3) is 0 Å². The molecule has 8 nitrogen and oxygen atoms in total. The molecule has 0 aromatic heterocycles. The lowest BCUT2D eigenvalue weighted by molar-refractivity contribution is -0.121. The van der Waals surface area contributed by atoms with Crippen LogP contribution in [0.5, 0.6) is 0 Å². The third-order valence-electron chi connectivity index (χ3n) is 4.55. The number of piperidine rings is 1. The van der Waals surface area contributed by atoms with Gasteiger partial charge in [0.15, 0.2) is 0 Å². The average molecular weight is 397 g/mol. The highest BCUT2D eigenvalue weighted by molar-refractivity contribution is 7.89. The predicted molar refractivity (Wildman–Crippen MR) is 104 cm³/mol. The molecule has 1 atom stereocenters. The van der Waals surface area contributed by atoms with E-state index in [2.05, 4.69) is 10.6 Å². The van der Waals surface area contributed by atoms with E-state index in [0.29, 0.717) is 25.1 Å². The van der Waals surface area contributed by atoms with Crippen molar-refractivity contribution in [2.24, 2.45) is 5.73 Å². The van der Waals surface area contributed by atoms with Gasteiger partial charge in [-0.25, -0.2) is 8.42 Å². The molecule has 9 heteroatoms. The Morgan fingerprint density at radius 1 is 1.19 bits per heavy atom. The second kappa shape index (κ2) is 9.82. The lowest BCUT2D eigenvalue weighted by Crippen LogP contribution is -2.49. The molecule has 1 fully saturated rings. The van der Waals surface area contributed by atoms with Crippen molar-refractivity contribution in [2.75, 3.05) is 25.0 Å². The van der Waals surface area contributed by atoms with Crippen LogP contribution >= 0.6 is 0 Å². The van der Waals surface area contributed by atoms with Gasteiger partial charge in [-0.05, 0) is 37.1 Å². The first-order valence-electron chi connectivity index (χ1n) is 9.27. The summed E-state index contributed by atoms with van der Waals surface area (Å²) < 4.78 is 27.6. The van der Waals surface area contributed by atoms with Crippen LogP contribution in [0.3, 0.4) is 0 Å². The van der Waals surface area contributed by atoms with Gasteiger partial charge in [-0.3, -0.25) is 9.59 Å². The third-order valence-corrected chi connectivity index (χ3v) is 6.51. The molecule has 1 aliphatic rings. The van der Waals surface area contributed by atoms with E-state index in [-0.39, 0.29) is 42.3 Å². The zero-order valence-corrected chi connectivity index (χ0v) is 16.4. The van der Waals surface area contributed by atoms with Crippen LogP contribution in [0.1, 0.15) is 39.0 Å². The minimum atomic E-state index is -3.68. The van der Waals surface area contributed by atoms with Crippen molar-refractivity contribution in [3.05, 3.63) is 24.3 Å². The summed E-state index contributed by atoms with van der Waals surface area (Å²) in [6.45, 7) is 2.72. The Kier molecular flexibility index (Phi) is 7.76. The number of amides is 2. The smallest absolute Gasteiger partial charge is 0.243 e. The van der Waals surface area contributed by atoms with Crippen LogP contribution in [0.25, 0.3) is 0 Å². The van der Waals surface area contributed by atoms with E-state index in [1.54, 1.807) is 19.1 Å². The molecule has 1 saturated heterocycles. The second-order valence-corrected chi connectivity index (χ2v) is 8.42. The highest BCUT2D eigenvalue weighted by Gasteiger charge is 2.33. The van der Waals surface area contributed by atoms with E-state index in [1.807, 2.05) is 0 Å². The maximum atomic E-state index is 13.1. The zero-order chi connectivity index (χ0) is 19.9. The minimum Gasteiger partial charge on any atom is -0.354 e. The summed E-state index contributed by atoms with van der Waals surface area (Å²) in [6, 6.07) is 5.90. The van der Waals surface area contributed by atoms with Crippen LogP contribution in [-0.4, -0.2) is 50.2 Å². The van der Waals surface area contributed by atoms with Crippen LogP contribution in [0.2, 0.25) is 0 Å². The van der Waals surface area contributed by atoms with E-state index in [1.165, 1.54) is 16.4 Å². The van der Waals surface area contributed by atoms with Gasteiger partial charge in [-0.1, -0.05) is 13.3 Å². The topological polar surface area (TPSA) is 122 Å². The molecule has 150 valence electrons. The standard InChI is InChI=1S/C18H28N4O4S/c1-2-17(23)21-14-6-8-16(9-7-14)27(25,26)22-12-4-3-5-15(22)13-20-18(24)10-11-19/h6-9,15H,2-5,10-13,19H2,1H3,(H,20,24)(H,21,23). The summed E-state index contributed by atoms with van der Waals surface area (Å²) in [5, 5.41) is 5.47. The van der Waals surface area contributed by atoms with Crippen molar-refractivity contribution in [2.45, 2.75) is 50.0 Å². The summed E-state index contributed by atoms with van der Waals surface area (Å²) in [4.78, 5) is 23.3. The maximum Gasteiger partial charge on any atom is 0.243 e. The zero-order valence-electron chi connectivity index (χ0n) is 15.6. The molecule has 4 N–H and O–H groups in total. The number of benzene rings is 1. The molecule has 0 saturated carbocycles. The number of anilines is 1. The summed E-state index contributed by atoms with van der Waals surface area (Å²) in [5.41, 5.74) is 5.93. The van der Waals surface area contributed by atoms with Crippen LogP contribution < -0.4 is 16.4 Å². The molecule has 1 aromatic rings. The first-order valence-corrected chi connectivity index (χ1v) is 10.7. The van der Waals surface area contributed by atoms with E-state index in [0.717, 1.165) is 12.8 Å². The van der Waals surface area contributed by atoms with Crippen molar-refractivity contribution in [1.29, 1.82) is 0 Å². The molecule has 1 heterocycles. The van der Waals surface area contributed by atoms with E-state index in [4.69, 9.17) is 5.73 Å². The maximum absolute atomic E-state index is 13.1. The lowest BCUT2D eigenvalue weighted by Gasteiger charge is -2.34. The Labute approximate surface area is 160 Å². The molecule has 2 rings (SSSR count). The van der Waals surface area contributed by atoms with E-state index >= 15 is 0 Å². The largest absolute Gasteiger partial charge is 0.354 e. The van der Waals surface area contributed by atoms with Gasteiger partial charge in [-0.2, -0.15) is 4.31 Å². The Bertz CT molecular complexity index is 749. The molecule has 0 bridgehead atoms. The summed E-state index contributed by atoms with van der Waals surface area (Å²) in [5.74, 6) is -0.300. The number of nitrogens with two attached hydrogens (primary N) is 1. The number of carbonyl (C=O) groups is 2. The van der Waals surface area contributed by atoms with Crippen molar-refractivity contribution in [3.8, 4) is 0 Å². The third kappa shape index (κ3) is 5.75. The fourth-order valence-electron chi connectivity index (χ4n) is 3.04. The van der Waals surface area contributed by atoms with Crippen LogP contribution in [0.15, 0.2) is 29.2 Å². The summed E-state index contributed by atoms with van der Waals surface area (Å²) >= 11 is 0. The second-order valence-electron chi connectivity index (χ2n) is 6.53. The highest BCUT2D eigenvalue weighted by atomic mass is 32.2. The van der Waals surface area contributed by atoms with Gasteiger partial charge >= 0.3 is 0 Å². The molecular formula is C18H28N4O4S.